The molecule has 15 heavy (non-hydrogen) atoms. The average molecular weight is 232 g/mol. The molecule has 0 aliphatic rings. The lowest BCUT2D eigenvalue weighted by Gasteiger charge is -2.29. The quantitative estimate of drug-likeness (QED) is 0.486. The van der Waals surface area contributed by atoms with Crippen LogP contribution in [-0.4, -0.2) is 42.2 Å². The molecule has 0 aromatic heterocycles. The van der Waals surface area contributed by atoms with Gasteiger partial charge in [0.2, 0.25) is 0 Å². The van der Waals surface area contributed by atoms with E-state index in [1.165, 1.54) is 0 Å². The van der Waals surface area contributed by atoms with E-state index in [-0.39, 0.29) is 0 Å². The van der Waals surface area contributed by atoms with Gasteiger partial charge < -0.3 is 10.5 Å². The molecule has 1 atom stereocenters. The highest BCUT2D eigenvalue weighted by atomic mass is 32.1. The van der Waals surface area contributed by atoms with Gasteiger partial charge in [-0.2, -0.15) is 0 Å². The molecule has 0 amide bonds. The summed E-state index contributed by atoms with van der Waals surface area (Å²) in [6.45, 7) is 9.91. The Labute approximate surface area is 99.0 Å². The van der Waals surface area contributed by atoms with Crippen molar-refractivity contribution in [1.82, 2.24) is 4.90 Å². The van der Waals surface area contributed by atoms with Gasteiger partial charge in [-0.3, -0.25) is 4.90 Å². The molecule has 0 aromatic carbocycles. The Morgan fingerprint density at radius 1 is 1.40 bits per heavy atom. The third-order valence-electron chi connectivity index (χ3n) is 2.56. The summed E-state index contributed by atoms with van der Waals surface area (Å²) >= 11 is 4.96. The smallest absolute Gasteiger partial charge is 0.0743 e. The highest BCUT2D eigenvalue weighted by molar-refractivity contribution is 7.80. The first-order valence-electron chi connectivity index (χ1n) is 5.75. The van der Waals surface area contributed by atoms with Crippen molar-refractivity contribution in [3.05, 3.63) is 0 Å². The number of hydrogen-bond acceptors (Lipinski definition) is 3. The average Bonchev–Trinajstić information content (AvgIpc) is 2.21. The van der Waals surface area contributed by atoms with Crippen molar-refractivity contribution >= 4 is 17.2 Å². The molecule has 0 spiro atoms. The van der Waals surface area contributed by atoms with Gasteiger partial charge in [0.05, 0.1) is 11.6 Å². The van der Waals surface area contributed by atoms with Crippen LogP contribution in [0.4, 0.5) is 0 Å². The van der Waals surface area contributed by atoms with E-state index in [4.69, 9.17) is 22.7 Å². The molecule has 4 heteroatoms. The van der Waals surface area contributed by atoms with E-state index in [1.807, 2.05) is 6.92 Å². The van der Waals surface area contributed by atoms with Gasteiger partial charge in [0.15, 0.2) is 0 Å². The molecular weight excluding hydrogens is 208 g/mol. The van der Waals surface area contributed by atoms with Gasteiger partial charge in [0.1, 0.15) is 0 Å². The van der Waals surface area contributed by atoms with Crippen molar-refractivity contribution in [1.29, 1.82) is 0 Å². The van der Waals surface area contributed by atoms with Crippen LogP contribution in [-0.2, 0) is 4.74 Å². The van der Waals surface area contributed by atoms with Crippen molar-refractivity contribution in [2.24, 2.45) is 5.73 Å². The largest absolute Gasteiger partial charge is 0.393 e. The Morgan fingerprint density at radius 3 is 2.47 bits per heavy atom. The van der Waals surface area contributed by atoms with Crippen LogP contribution in [0.1, 0.15) is 33.6 Å². The molecule has 1 unspecified atom stereocenters. The summed E-state index contributed by atoms with van der Waals surface area (Å²) in [5.41, 5.74) is 5.59. The molecular formula is C11H24N2OS. The molecule has 3 nitrogen and oxygen atoms in total. The minimum Gasteiger partial charge on any atom is -0.393 e. The highest BCUT2D eigenvalue weighted by Crippen LogP contribution is 2.08. The monoisotopic (exact) mass is 232 g/mol. The Bertz CT molecular complexity index is 176. The number of hydrogen-bond donors (Lipinski definition) is 1. The van der Waals surface area contributed by atoms with Crippen LogP contribution in [0.5, 0.6) is 0 Å². The molecule has 0 radical (unpaired) electrons. The first kappa shape index (κ1) is 14.8. The number of nitrogens with zero attached hydrogens (tertiary/aromatic N) is 1. The number of ether oxygens (including phenoxy) is 1. The maximum absolute atomic E-state index is 5.59. The molecule has 0 aliphatic carbocycles. The first-order valence-corrected chi connectivity index (χ1v) is 6.16. The lowest BCUT2D eigenvalue weighted by molar-refractivity contribution is 0.0969. The van der Waals surface area contributed by atoms with Crippen LogP contribution in [0.2, 0.25) is 0 Å². The third-order valence-corrected chi connectivity index (χ3v) is 2.72. The van der Waals surface area contributed by atoms with Crippen LogP contribution in [0.25, 0.3) is 0 Å². The van der Waals surface area contributed by atoms with Crippen molar-refractivity contribution < 1.29 is 4.74 Å². The molecule has 0 aliphatic heterocycles. The lowest BCUT2D eigenvalue weighted by Crippen LogP contribution is -2.39. The van der Waals surface area contributed by atoms with E-state index in [0.717, 1.165) is 39.1 Å². The minimum absolute atomic E-state index is 0.466. The van der Waals surface area contributed by atoms with Crippen LogP contribution in [0.15, 0.2) is 0 Å². The Morgan fingerprint density at radius 2 is 2.07 bits per heavy atom. The standard InChI is InChI=1S/C11H24N2OS/c1-4-10(9-11(12)15)13(5-2)7-8-14-6-3/h10H,4-9H2,1-3H3,(H2,12,15). The maximum atomic E-state index is 5.59. The minimum atomic E-state index is 0.466. The van der Waals surface area contributed by atoms with Gasteiger partial charge in [-0.1, -0.05) is 26.1 Å². The summed E-state index contributed by atoms with van der Waals surface area (Å²) in [6.07, 6.45) is 1.89. The fourth-order valence-corrected chi connectivity index (χ4v) is 1.88. The van der Waals surface area contributed by atoms with Gasteiger partial charge in [-0.25, -0.2) is 0 Å². The SMILES string of the molecule is CCOCCN(CC)C(CC)CC(N)=S. The summed E-state index contributed by atoms with van der Waals surface area (Å²) in [5.74, 6) is 0. The summed E-state index contributed by atoms with van der Waals surface area (Å²) < 4.78 is 5.36. The number of likely N-dealkylation sites (N-methyl/N-ethyl adjacent to an activating group) is 1. The summed E-state index contributed by atoms with van der Waals surface area (Å²) in [6, 6.07) is 0.466. The normalized spacial score (nSPS) is 13.1. The van der Waals surface area contributed by atoms with E-state index in [9.17, 15) is 0 Å². The summed E-state index contributed by atoms with van der Waals surface area (Å²) in [4.78, 5) is 2.99. The zero-order valence-electron chi connectivity index (χ0n) is 10.2. The van der Waals surface area contributed by atoms with Crippen LogP contribution in [0.3, 0.4) is 0 Å². The number of nitrogens with two attached hydrogens (primary N) is 1. The van der Waals surface area contributed by atoms with Crippen molar-refractivity contribution in [3.63, 3.8) is 0 Å². The second-order valence-electron chi connectivity index (χ2n) is 3.56. The van der Waals surface area contributed by atoms with Crippen molar-refractivity contribution in [2.75, 3.05) is 26.3 Å². The predicted molar refractivity (Wildman–Crippen MR) is 69.2 cm³/mol. The second kappa shape index (κ2) is 9.07. The number of rotatable bonds is 9. The predicted octanol–water partition coefficient (Wildman–Crippen LogP) is 1.80. The molecule has 0 bridgehead atoms. The van der Waals surface area contributed by atoms with E-state index >= 15 is 0 Å². The molecule has 0 fully saturated rings. The molecule has 0 rings (SSSR count). The fourth-order valence-electron chi connectivity index (χ4n) is 1.69. The van der Waals surface area contributed by atoms with E-state index in [0.29, 0.717) is 11.0 Å². The molecule has 0 heterocycles. The molecule has 0 aromatic rings. The van der Waals surface area contributed by atoms with E-state index in [1.54, 1.807) is 0 Å². The summed E-state index contributed by atoms with van der Waals surface area (Å²) in [7, 11) is 0. The molecule has 90 valence electrons. The van der Waals surface area contributed by atoms with Gasteiger partial charge in [0.25, 0.3) is 0 Å². The van der Waals surface area contributed by atoms with Crippen LogP contribution in [0, 0.1) is 0 Å². The first-order chi connectivity index (χ1) is 7.15. The second-order valence-corrected chi connectivity index (χ2v) is 4.08. The number of thiocarbonyl (C=S) groups is 1. The topological polar surface area (TPSA) is 38.5 Å². The van der Waals surface area contributed by atoms with Gasteiger partial charge in [-0.15, -0.1) is 0 Å². The molecule has 0 saturated heterocycles. The Hall–Kier alpha value is -0.190. The van der Waals surface area contributed by atoms with Gasteiger partial charge in [-0.05, 0) is 19.9 Å². The molecule has 2 N–H and O–H groups in total. The maximum Gasteiger partial charge on any atom is 0.0743 e. The zero-order valence-corrected chi connectivity index (χ0v) is 11.0. The lowest BCUT2D eigenvalue weighted by atomic mass is 10.1. The van der Waals surface area contributed by atoms with Crippen LogP contribution < -0.4 is 5.73 Å². The molecule has 0 saturated carbocycles. The zero-order chi connectivity index (χ0) is 11.7. The van der Waals surface area contributed by atoms with Gasteiger partial charge >= 0.3 is 0 Å². The van der Waals surface area contributed by atoms with Gasteiger partial charge in [0, 0.05) is 25.6 Å². The fraction of sp³-hybridized carbons (Fsp3) is 0.909. The summed E-state index contributed by atoms with van der Waals surface area (Å²) in [5, 5.41) is 0. The van der Waals surface area contributed by atoms with E-state index < -0.39 is 0 Å². The van der Waals surface area contributed by atoms with E-state index in [2.05, 4.69) is 18.7 Å². The Kier molecular flexibility index (Phi) is 8.95. The van der Waals surface area contributed by atoms with Crippen molar-refractivity contribution in [2.45, 2.75) is 39.7 Å². The Balaban J connectivity index is 4.02. The van der Waals surface area contributed by atoms with Crippen LogP contribution >= 0.6 is 12.2 Å². The highest BCUT2D eigenvalue weighted by Gasteiger charge is 2.15. The van der Waals surface area contributed by atoms with Crippen molar-refractivity contribution in [3.8, 4) is 0 Å². The third kappa shape index (κ3) is 6.82.